The molecule has 5 nitrogen and oxygen atoms in total. The molecule has 0 aliphatic carbocycles. The summed E-state index contributed by atoms with van der Waals surface area (Å²) in [7, 11) is -4.12. The van der Waals surface area contributed by atoms with Crippen LogP contribution in [0.1, 0.15) is 44.0 Å². The fraction of sp³-hybridized carbons (Fsp3) is 0.462. The van der Waals surface area contributed by atoms with Gasteiger partial charge in [-0.1, -0.05) is 13.3 Å². The predicted molar refractivity (Wildman–Crippen MR) is 72.7 cm³/mol. The van der Waals surface area contributed by atoms with E-state index in [-0.39, 0.29) is 5.56 Å². The summed E-state index contributed by atoms with van der Waals surface area (Å²) in [5.41, 5.74) is -1.01. The second-order valence-corrected chi connectivity index (χ2v) is 6.84. The van der Waals surface area contributed by atoms with E-state index in [1.165, 1.54) is 0 Å². The Morgan fingerprint density at radius 1 is 1.40 bits per heavy atom. The lowest BCUT2D eigenvalue weighted by Crippen LogP contribution is -2.43. The molecule has 0 bridgehead atoms. The Hall–Kier alpha value is -1.47. The van der Waals surface area contributed by atoms with Crippen LogP contribution in [0.15, 0.2) is 23.1 Å². The summed E-state index contributed by atoms with van der Waals surface area (Å²) in [4.78, 5) is 10.2. The van der Waals surface area contributed by atoms with Crippen molar-refractivity contribution in [1.29, 1.82) is 0 Å². The van der Waals surface area contributed by atoms with Gasteiger partial charge in [-0.15, -0.1) is 0 Å². The van der Waals surface area contributed by atoms with Gasteiger partial charge in [-0.05, 0) is 38.5 Å². The van der Waals surface area contributed by atoms with Crippen LogP contribution in [0.25, 0.3) is 0 Å². The molecule has 0 aliphatic rings. The molecule has 112 valence electrons. The largest absolute Gasteiger partial charge is 0.478 e. The lowest BCUT2D eigenvalue weighted by Gasteiger charge is -2.25. The van der Waals surface area contributed by atoms with Crippen molar-refractivity contribution in [2.45, 2.75) is 44.0 Å². The molecule has 0 fully saturated rings. The Morgan fingerprint density at radius 3 is 2.50 bits per heavy atom. The van der Waals surface area contributed by atoms with E-state index in [2.05, 4.69) is 4.72 Å². The standard InChI is InChI=1S/C13H18FNO4S/c1-4-7-13(2,3)15-20(18,19)11-8-9(12(16)17)5-6-10(11)14/h5-6,8,15H,4,7H2,1-3H3,(H,16,17). The summed E-state index contributed by atoms with van der Waals surface area (Å²) >= 11 is 0. The average molecular weight is 303 g/mol. The predicted octanol–water partition coefficient (Wildman–Crippen LogP) is 2.38. The van der Waals surface area contributed by atoms with Gasteiger partial charge in [0, 0.05) is 5.54 Å². The Balaban J connectivity index is 3.22. The van der Waals surface area contributed by atoms with Gasteiger partial charge < -0.3 is 5.11 Å². The number of carboxylic acid groups (broad SMARTS) is 1. The van der Waals surface area contributed by atoms with Crippen molar-refractivity contribution in [2.75, 3.05) is 0 Å². The molecular weight excluding hydrogens is 285 g/mol. The Bertz CT molecular complexity index is 611. The van der Waals surface area contributed by atoms with E-state index >= 15 is 0 Å². The Kier molecular flexibility index (Phi) is 4.88. The van der Waals surface area contributed by atoms with Gasteiger partial charge in [0.05, 0.1) is 5.56 Å². The number of nitrogens with one attached hydrogen (secondary N) is 1. The van der Waals surface area contributed by atoms with Gasteiger partial charge in [0.1, 0.15) is 10.7 Å². The Labute approximate surface area is 117 Å². The highest BCUT2D eigenvalue weighted by molar-refractivity contribution is 7.89. The summed E-state index contributed by atoms with van der Waals surface area (Å²) in [6.07, 6.45) is 1.33. The molecule has 7 heteroatoms. The number of carboxylic acids is 1. The molecule has 0 aliphatic heterocycles. The third-order valence-corrected chi connectivity index (χ3v) is 4.47. The van der Waals surface area contributed by atoms with Crippen molar-refractivity contribution in [3.8, 4) is 0 Å². The molecule has 1 aromatic carbocycles. The van der Waals surface area contributed by atoms with Crippen LogP contribution in [-0.2, 0) is 10.0 Å². The third kappa shape index (κ3) is 4.01. The third-order valence-electron chi connectivity index (χ3n) is 2.75. The van der Waals surface area contributed by atoms with E-state index in [1.54, 1.807) is 13.8 Å². The fourth-order valence-corrected chi connectivity index (χ4v) is 3.48. The van der Waals surface area contributed by atoms with E-state index in [4.69, 9.17) is 5.11 Å². The number of benzene rings is 1. The second kappa shape index (κ2) is 5.88. The van der Waals surface area contributed by atoms with Gasteiger partial charge in [0.25, 0.3) is 0 Å². The number of sulfonamides is 1. The van der Waals surface area contributed by atoms with Crippen molar-refractivity contribution in [1.82, 2.24) is 4.72 Å². The first-order valence-electron chi connectivity index (χ1n) is 6.16. The summed E-state index contributed by atoms with van der Waals surface area (Å²) in [6.45, 7) is 5.28. The van der Waals surface area contributed by atoms with Crippen LogP contribution in [0.2, 0.25) is 0 Å². The van der Waals surface area contributed by atoms with Gasteiger partial charge in [-0.25, -0.2) is 22.3 Å². The van der Waals surface area contributed by atoms with Crippen molar-refractivity contribution < 1.29 is 22.7 Å². The summed E-state index contributed by atoms with van der Waals surface area (Å²) < 4.78 is 40.4. The van der Waals surface area contributed by atoms with Gasteiger partial charge in [0.15, 0.2) is 0 Å². The van der Waals surface area contributed by atoms with E-state index in [9.17, 15) is 17.6 Å². The molecule has 0 saturated carbocycles. The molecule has 0 saturated heterocycles. The Morgan fingerprint density at radius 2 is 2.00 bits per heavy atom. The molecule has 0 heterocycles. The molecule has 0 atom stereocenters. The van der Waals surface area contributed by atoms with Gasteiger partial charge in [-0.2, -0.15) is 0 Å². The molecule has 0 unspecified atom stereocenters. The second-order valence-electron chi connectivity index (χ2n) is 5.19. The van der Waals surface area contributed by atoms with Crippen LogP contribution in [0, 0.1) is 5.82 Å². The van der Waals surface area contributed by atoms with Crippen molar-refractivity contribution >= 4 is 16.0 Å². The van der Waals surface area contributed by atoms with Gasteiger partial charge in [0.2, 0.25) is 10.0 Å². The van der Waals surface area contributed by atoms with Crippen LogP contribution in [0.5, 0.6) is 0 Å². The maximum absolute atomic E-state index is 13.7. The molecule has 0 spiro atoms. The van der Waals surface area contributed by atoms with E-state index in [0.29, 0.717) is 6.42 Å². The fourth-order valence-electron chi connectivity index (χ4n) is 1.94. The van der Waals surface area contributed by atoms with E-state index in [0.717, 1.165) is 24.6 Å². The lowest BCUT2D eigenvalue weighted by atomic mass is 10.0. The maximum atomic E-state index is 13.7. The minimum absolute atomic E-state index is 0.278. The van der Waals surface area contributed by atoms with Crippen LogP contribution in [0.3, 0.4) is 0 Å². The molecule has 0 amide bonds. The molecule has 2 N–H and O–H groups in total. The number of halogens is 1. The quantitative estimate of drug-likeness (QED) is 0.845. The van der Waals surface area contributed by atoms with Crippen LogP contribution < -0.4 is 4.72 Å². The number of carbonyl (C=O) groups is 1. The highest BCUT2D eigenvalue weighted by atomic mass is 32.2. The molecule has 1 aromatic rings. The number of rotatable bonds is 6. The summed E-state index contributed by atoms with van der Waals surface area (Å²) in [6, 6.07) is 2.68. The smallest absolute Gasteiger partial charge is 0.335 e. The van der Waals surface area contributed by atoms with Crippen LogP contribution in [0.4, 0.5) is 4.39 Å². The van der Waals surface area contributed by atoms with E-state index < -0.39 is 32.2 Å². The SMILES string of the molecule is CCCC(C)(C)NS(=O)(=O)c1cc(C(=O)O)ccc1F. The van der Waals surface area contributed by atoms with Gasteiger partial charge >= 0.3 is 5.97 Å². The number of hydrogen-bond acceptors (Lipinski definition) is 3. The normalized spacial score (nSPS) is 12.4. The topological polar surface area (TPSA) is 83.5 Å². The van der Waals surface area contributed by atoms with Crippen molar-refractivity contribution in [3.63, 3.8) is 0 Å². The van der Waals surface area contributed by atoms with E-state index in [1.807, 2.05) is 6.92 Å². The van der Waals surface area contributed by atoms with Crippen molar-refractivity contribution in [3.05, 3.63) is 29.6 Å². The molecule has 0 aromatic heterocycles. The number of aromatic carboxylic acids is 1. The monoisotopic (exact) mass is 303 g/mol. The summed E-state index contributed by atoms with van der Waals surface area (Å²) in [5, 5.41) is 8.85. The summed E-state index contributed by atoms with van der Waals surface area (Å²) in [5.74, 6) is -2.29. The number of hydrogen-bond donors (Lipinski definition) is 2. The molecule has 20 heavy (non-hydrogen) atoms. The minimum Gasteiger partial charge on any atom is -0.478 e. The lowest BCUT2D eigenvalue weighted by molar-refractivity contribution is 0.0696. The van der Waals surface area contributed by atoms with Crippen LogP contribution >= 0.6 is 0 Å². The first-order chi connectivity index (χ1) is 9.09. The zero-order chi connectivity index (χ0) is 15.6. The highest BCUT2D eigenvalue weighted by Gasteiger charge is 2.28. The molecule has 0 radical (unpaired) electrons. The maximum Gasteiger partial charge on any atom is 0.335 e. The van der Waals surface area contributed by atoms with Gasteiger partial charge in [-0.3, -0.25) is 0 Å². The average Bonchev–Trinajstić information content (AvgIpc) is 2.26. The first kappa shape index (κ1) is 16.6. The molecular formula is C13H18FNO4S. The zero-order valence-electron chi connectivity index (χ0n) is 11.6. The van der Waals surface area contributed by atoms with Crippen LogP contribution in [-0.4, -0.2) is 25.0 Å². The molecule has 1 rings (SSSR count). The van der Waals surface area contributed by atoms with Crippen molar-refractivity contribution in [2.24, 2.45) is 0 Å². The highest BCUT2D eigenvalue weighted by Crippen LogP contribution is 2.20. The first-order valence-corrected chi connectivity index (χ1v) is 7.64. The zero-order valence-corrected chi connectivity index (χ0v) is 12.4. The minimum atomic E-state index is -4.12.